The van der Waals surface area contributed by atoms with Gasteiger partial charge in [-0.3, -0.25) is 0 Å². The smallest absolute Gasteiger partial charge is 0.280 e. The molecule has 0 saturated heterocycles. The minimum absolute atomic E-state index is 0.766. The Morgan fingerprint density at radius 3 is 1.79 bits per heavy atom. The Balaban J connectivity index is 2.51. The van der Waals surface area contributed by atoms with E-state index in [0.717, 1.165) is 13.0 Å². The zero-order chi connectivity index (χ0) is 13.6. The molecule has 0 atom stereocenters. The molecule has 0 aromatic heterocycles. The summed E-state index contributed by atoms with van der Waals surface area (Å²) in [4.78, 5) is 0. The van der Waals surface area contributed by atoms with Gasteiger partial charge < -0.3 is 4.43 Å². The second-order valence-corrected chi connectivity index (χ2v) is 7.84. The fourth-order valence-corrected chi connectivity index (χ4v) is 5.42. The molecule has 19 heavy (non-hydrogen) atoms. The largest absolute Gasteiger partial charge is 0.405 e. The maximum absolute atomic E-state index is 6.32. The summed E-state index contributed by atoms with van der Waals surface area (Å²) in [5, 5.41) is 2.51. The quantitative estimate of drug-likeness (QED) is 0.732. The summed E-state index contributed by atoms with van der Waals surface area (Å²) in [6.07, 6.45) is 1.02. The minimum Gasteiger partial charge on any atom is -0.405 e. The van der Waals surface area contributed by atoms with E-state index in [9.17, 15) is 0 Å². The second kappa shape index (κ2) is 6.50. The molecule has 98 valence electrons. The first kappa shape index (κ1) is 13.8. The van der Waals surface area contributed by atoms with Crippen molar-refractivity contribution in [3.63, 3.8) is 0 Å². The van der Waals surface area contributed by atoms with Gasteiger partial charge in [-0.25, -0.2) is 0 Å². The highest BCUT2D eigenvalue weighted by atomic mass is 28.4. The molecule has 0 radical (unpaired) electrons. The lowest BCUT2D eigenvalue weighted by atomic mass is 10.4. The van der Waals surface area contributed by atoms with Crippen LogP contribution in [0.1, 0.15) is 13.3 Å². The highest BCUT2D eigenvalue weighted by Gasteiger charge is 2.36. The third-order valence-electron chi connectivity index (χ3n) is 3.23. The molecule has 1 nitrogen and oxygen atoms in total. The van der Waals surface area contributed by atoms with Crippen molar-refractivity contribution in [3.05, 3.63) is 72.9 Å². The van der Waals surface area contributed by atoms with Crippen LogP contribution in [0, 0.1) is 0 Å². The van der Waals surface area contributed by atoms with Crippen LogP contribution < -0.4 is 10.4 Å². The Hall–Kier alpha value is -1.64. The van der Waals surface area contributed by atoms with Gasteiger partial charge in [0.05, 0.1) is 0 Å². The first-order chi connectivity index (χ1) is 9.33. The molecule has 0 aliphatic heterocycles. The number of hydrogen-bond donors (Lipinski definition) is 0. The van der Waals surface area contributed by atoms with Crippen LogP contribution in [0.2, 0.25) is 0 Å². The molecule has 0 amide bonds. The summed E-state index contributed by atoms with van der Waals surface area (Å²) in [6.45, 7) is 6.98. The molecule has 2 rings (SSSR count). The highest BCUT2D eigenvalue weighted by molar-refractivity contribution is 7.01. The molecule has 0 saturated carbocycles. The topological polar surface area (TPSA) is 9.23 Å². The third kappa shape index (κ3) is 2.86. The molecule has 0 spiro atoms. The van der Waals surface area contributed by atoms with E-state index in [1.165, 1.54) is 10.4 Å². The molecule has 0 N–H and O–H groups in total. The standard InChI is InChI=1S/C17H20OSi/c1-3-15-18-19(4-2,16-11-7-5-8-12-16)17-13-9-6-10-14-17/h4-14H,2-3,15H2,1H3. The SMILES string of the molecule is C=C[Si](OCCC)(c1ccccc1)c1ccccc1. The second-order valence-electron chi connectivity index (χ2n) is 4.52. The van der Waals surface area contributed by atoms with Crippen LogP contribution >= 0.6 is 0 Å². The fourth-order valence-electron chi connectivity index (χ4n) is 2.26. The summed E-state index contributed by atoms with van der Waals surface area (Å²) in [6, 6.07) is 20.9. The van der Waals surface area contributed by atoms with Gasteiger partial charge in [0, 0.05) is 6.61 Å². The van der Waals surface area contributed by atoms with E-state index in [0.29, 0.717) is 0 Å². The molecular formula is C17H20OSi. The molecule has 2 heteroatoms. The normalized spacial score (nSPS) is 11.2. The van der Waals surface area contributed by atoms with Gasteiger partial charge in [0.1, 0.15) is 0 Å². The van der Waals surface area contributed by atoms with Crippen LogP contribution in [0.15, 0.2) is 72.9 Å². The van der Waals surface area contributed by atoms with Crippen molar-refractivity contribution in [1.29, 1.82) is 0 Å². The Labute approximate surface area is 116 Å². The lowest BCUT2D eigenvalue weighted by molar-refractivity contribution is 0.322. The summed E-state index contributed by atoms with van der Waals surface area (Å²) in [5.74, 6) is 0. The van der Waals surface area contributed by atoms with Crippen LogP contribution in [0.4, 0.5) is 0 Å². The van der Waals surface area contributed by atoms with Crippen LogP contribution in [-0.2, 0) is 4.43 Å². The average molecular weight is 268 g/mol. The van der Waals surface area contributed by atoms with Crippen molar-refractivity contribution in [2.24, 2.45) is 0 Å². The summed E-state index contributed by atoms with van der Waals surface area (Å²) in [7, 11) is -2.28. The van der Waals surface area contributed by atoms with Crippen molar-refractivity contribution < 1.29 is 4.43 Å². The molecule has 2 aromatic carbocycles. The van der Waals surface area contributed by atoms with E-state index >= 15 is 0 Å². The Bertz CT molecular complexity index is 468. The number of rotatable bonds is 6. The van der Waals surface area contributed by atoms with Gasteiger partial charge in [0.2, 0.25) is 0 Å². The molecule has 0 aliphatic carbocycles. The first-order valence-electron chi connectivity index (χ1n) is 6.72. The summed E-state index contributed by atoms with van der Waals surface area (Å²) >= 11 is 0. The van der Waals surface area contributed by atoms with Crippen LogP contribution in [0.5, 0.6) is 0 Å². The van der Waals surface area contributed by atoms with Gasteiger partial charge in [-0.15, -0.1) is 6.58 Å². The molecule has 0 unspecified atom stereocenters. The van der Waals surface area contributed by atoms with Gasteiger partial charge >= 0.3 is 0 Å². The molecule has 0 heterocycles. The Kier molecular flexibility index (Phi) is 4.72. The molecular weight excluding hydrogens is 248 g/mol. The zero-order valence-electron chi connectivity index (χ0n) is 11.4. The van der Waals surface area contributed by atoms with E-state index in [4.69, 9.17) is 4.43 Å². The van der Waals surface area contributed by atoms with E-state index in [2.05, 4.69) is 62.0 Å². The molecule has 0 fully saturated rings. The van der Waals surface area contributed by atoms with Crippen LogP contribution in [0.25, 0.3) is 0 Å². The predicted molar refractivity (Wildman–Crippen MR) is 84.3 cm³/mol. The van der Waals surface area contributed by atoms with Gasteiger partial charge in [-0.05, 0) is 16.8 Å². The van der Waals surface area contributed by atoms with Gasteiger partial charge in [-0.1, -0.05) is 73.3 Å². The molecule has 2 aromatic rings. The van der Waals surface area contributed by atoms with Crippen molar-refractivity contribution in [2.75, 3.05) is 6.61 Å². The fraction of sp³-hybridized carbons (Fsp3) is 0.176. The monoisotopic (exact) mass is 268 g/mol. The van der Waals surface area contributed by atoms with Crippen LogP contribution in [0.3, 0.4) is 0 Å². The summed E-state index contributed by atoms with van der Waals surface area (Å²) < 4.78 is 6.32. The Morgan fingerprint density at radius 1 is 0.947 bits per heavy atom. The number of benzene rings is 2. The van der Waals surface area contributed by atoms with Crippen molar-refractivity contribution in [1.82, 2.24) is 0 Å². The average Bonchev–Trinajstić information content (AvgIpc) is 2.51. The van der Waals surface area contributed by atoms with Crippen LogP contribution in [-0.4, -0.2) is 14.9 Å². The van der Waals surface area contributed by atoms with Gasteiger partial charge in [-0.2, -0.15) is 0 Å². The zero-order valence-corrected chi connectivity index (χ0v) is 12.4. The minimum atomic E-state index is -2.28. The lowest BCUT2D eigenvalue weighted by Gasteiger charge is -2.29. The van der Waals surface area contributed by atoms with Crippen molar-refractivity contribution in [3.8, 4) is 0 Å². The number of hydrogen-bond acceptors (Lipinski definition) is 1. The predicted octanol–water partition coefficient (Wildman–Crippen LogP) is 2.90. The van der Waals surface area contributed by atoms with Crippen molar-refractivity contribution in [2.45, 2.75) is 13.3 Å². The molecule has 0 bridgehead atoms. The van der Waals surface area contributed by atoms with Gasteiger partial charge in [0.25, 0.3) is 8.32 Å². The lowest BCUT2D eigenvalue weighted by Crippen LogP contribution is -2.59. The van der Waals surface area contributed by atoms with E-state index in [1.807, 2.05) is 17.8 Å². The third-order valence-corrected chi connectivity index (χ3v) is 6.84. The molecule has 0 aliphatic rings. The Morgan fingerprint density at radius 2 is 1.42 bits per heavy atom. The van der Waals surface area contributed by atoms with E-state index < -0.39 is 8.32 Å². The highest BCUT2D eigenvalue weighted by Crippen LogP contribution is 2.09. The summed E-state index contributed by atoms with van der Waals surface area (Å²) in [5.41, 5.74) is 2.04. The maximum Gasteiger partial charge on any atom is 0.280 e. The van der Waals surface area contributed by atoms with E-state index in [-0.39, 0.29) is 0 Å². The van der Waals surface area contributed by atoms with Crippen molar-refractivity contribution >= 4 is 18.7 Å². The maximum atomic E-state index is 6.32. The van der Waals surface area contributed by atoms with E-state index in [1.54, 1.807) is 0 Å². The van der Waals surface area contributed by atoms with Gasteiger partial charge in [0.15, 0.2) is 0 Å². The first-order valence-corrected chi connectivity index (χ1v) is 8.70.